The van der Waals surface area contributed by atoms with Gasteiger partial charge in [0.1, 0.15) is 12.2 Å². The summed E-state index contributed by atoms with van der Waals surface area (Å²) in [4.78, 5) is 24.2. The molecule has 0 fully saturated rings. The summed E-state index contributed by atoms with van der Waals surface area (Å²) in [6.07, 6.45) is -1.76. The molecule has 0 aliphatic heterocycles. The lowest BCUT2D eigenvalue weighted by molar-refractivity contribution is 0.104. The quantitative estimate of drug-likeness (QED) is 0.147. The first-order valence-electron chi connectivity index (χ1n) is 16.4. The maximum Gasteiger partial charge on any atom is 0.236 e. The molecule has 0 heterocycles. The number of rotatable bonds is 4. The second-order valence-corrected chi connectivity index (χ2v) is 11.2. The molecule has 0 saturated carbocycles. The molecule has 0 amide bonds. The molecule has 2 atom stereocenters. The molecule has 0 aliphatic rings. The number of hydrogen-bond acceptors (Lipinski definition) is 4. The van der Waals surface area contributed by atoms with Gasteiger partial charge in [0, 0.05) is 33.4 Å². The molecule has 4 heteroatoms. The molecule has 0 radical (unpaired) electrons. The van der Waals surface area contributed by atoms with Gasteiger partial charge in [0.2, 0.25) is 11.6 Å². The van der Waals surface area contributed by atoms with E-state index in [-0.39, 0.29) is 11.6 Å². The molecule has 248 valence electrons. The predicted octanol–water partition coefficient (Wildman–Crippen LogP) is 8.01. The minimum Gasteiger partial charge on any atom is -0.376 e. The highest BCUT2D eigenvalue weighted by Crippen LogP contribution is 2.18. The number of ketones is 2. The monoisotopic (exact) mass is 672 g/mol. The van der Waals surface area contributed by atoms with Crippen LogP contribution in [0.2, 0.25) is 0 Å². The summed E-state index contributed by atoms with van der Waals surface area (Å²) in [5.41, 5.74) is 5.53. The van der Waals surface area contributed by atoms with Gasteiger partial charge in [0.05, 0.1) is 0 Å². The topological polar surface area (TPSA) is 74.6 Å². The van der Waals surface area contributed by atoms with E-state index in [4.69, 9.17) is 0 Å². The van der Waals surface area contributed by atoms with Gasteiger partial charge in [0.15, 0.2) is 0 Å². The highest BCUT2D eigenvalue weighted by molar-refractivity contribution is 6.12. The Morgan fingerprint density at radius 1 is 0.365 bits per heavy atom. The second-order valence-electron chi connectivity index (χ2n) is 11.2. The Labute approximate surface area is 304 Å². The van der Waals surface area contributed by atoms with E-state index in [0.29, 0.717) is 22.3 Å². The SMILES string of the molecule is O=C(C#Cc1ccccc1)c1ccc(C(=O)C#Cc2ccccc2)cc1.OC(C#Cc1ccccc1)c1ccc(C(O)C#Cc2ccccc2)cc1. The van der Waals surface area contributed by atoms with Gasteiger partial charge in [-0.15, -0.1) is 0 Å². The van der Waals surface area contributed by atoms with Gasteiger partial charge in [-0.05, 0) is 95.8 Å². The molecular weight excluding hydrogens is 641 g/mol. The summed E-state index contributed by atoms with van der Waals surface area (Å²) in [7, 11) is 0. The highest BCUT2D eigenvalue weighted by Gasteiger charge is 2.08. The summed E-state index contributed by atoms with van der Waals surface area (Å²) in [6, 6.07) is 51.1. The zero-order chi connectivity index (χ0) is 36.4. The van der Waals surface area contributed by atoms with Crippen molar-refractivity contribution in [3.63, 3.8) is 0 Å². The van der Waals surface area contributed by atoms with Crippen molar-refractivity contribution in [2.75, 3.05) is 0 Å². The van der Waals surface area contributed by atoms with Crippen molar-refractivity contribution in [3.05, 3.63) is 214 Å². The van der Waals surface area contributed by atoms with Crippen LogP contribution in [-0.4, -0.2) is 21.8 Å². The van der Waals surface area contributed by atoms with Gasteiger partial charge in [-0.25, -0.2) is 0 Å². The Balaban J connectivity index is 0.000000201. The Morgan fingerprint density at radius 3 is 0.923 bits per heavy atom. The van der Waals surface area contributed by atoms with E-state index in [2.05, 4.69) is 47.4 Å². The molecule has 0 saturated heterocycles. The van der Waals surface area contributed by atoms with Gasteiger partial charge in [0.25, 0.3) is 0 Å². The minimum atomic E-state index is -0.878. The Kier molecular flexibility index (Phi) is 13.3. The summed E-state index contributed by atoms with van der Waals surface area (Å²) in [5.74, 6) is 21.8. The highest BCUT2D eigenvalue weighted by atomic mass is 16.3. The van der Waals surface area contributed by atoms with Crippen LogP contribution in [0.1, 0.15) is 66.3 Å². The smallest absolute Gasteiger partial charge is 0.236 e. The molecule has 4 nitrogen and oxygen atoms in total. The number of aliphatic hydroxyl groups is 2. The Morgan fingerprint density at radius 2 is 0.635 bits per heavy atom. The molecule has 0 spiro atoms. The van der Waals surface area contributed by atoms with E-state index in [1.54, 1.807) is 48.5 Å². The van der Waals surface area contributed by atoms with Crippen LogP contribution in [0.4, 0.5) is 0 Å². The molecule has 0 aromatic heterocycles. The van der Waals surface area contributed by atoms with Crippen LogP contribution in [0.15, 0.2) is 170 Å². The fourth-order valence-corrected chi connectivity index (χ4v) is 4.59. The molecule has 6 aromatic rings. The van der Waals surface area contributed by atoms with Crippen molar-refractivity contribution in [2.45, 2.75) is 12.2 Å². The lowest BCUT2D eigenvalue weighted by Gasteiger charge is -2.07. The molecule has 0 aliphatic carbocycles. The van der Waals surface area contributed by atoms with Crippen LogP contribution < -0.4 is 0 Å². The normalized spacial score (nSPS) is 10.7. The Bertz CT molecular complexity index is 2170. The molecule has 52 heavy (non-hydrogen) atoms. The fourth-order valence-electron chi connectivity index (χ4n) is 4.59. The van der Waals surface area contributed by atoms with E-state index in [1.165, 1.54) is 0 Å². The number of hydrogen-bond donors (Lipinski definition) is 2. The molecule has 6 aromatic carbocycles. The van der Waals surface area contributed by atoms with E-state index in [9.17, 15) is 19.8 Å². The maximum absolute atomic E-state index is 12.1. The largest absolute Gasteiger partial charge is 0.376 e. The van der Waals surface area contributed by atoms with Gasteiger partial charge >= 0.3 is 0 Å². The van der Waals surface area contributed by atoms with Crippen molar-refractivity contribution in [2.24, 2.45) is 0 Å². The Hall–Kier alpha value is -7.18. The van der Waals surface area contributed by atoms with Crippen molar-refractivity contribution in [1.29, 1.82) is 0 Å². The van der Waals surface area contributed by atoms with Crippen LogP contribution in [0.3, 0.4) is 0 Å². The first kappa shape index (κ1) is 36.1. The fraction of sp³-hybridized carbons (Fsp3) is 0.0417. The third-order valence-corrected chi connectivity index (χ3v) is 7.42. The number of carbonyl (C=O) groups is 2. The summed E-state index contributed by atoms with van der Waals surface area (Å²) >= 11 is 0. The van der Waals surface area contributed by atoms with Gasteiger partial charge < -0.3 is 10.2 Å². The number of carbonyl (C=O) groups excluding carboxylic acids is 2. The average molecular weight is 673 g/mol. The first-order chi connectivity index (χ1) is 25.4. The summed E-state index contributed by atoms with van der Waals surface area (Å²) in [6.45, 7) is 0. The zero-order valence-electron chi connectivity index (χ0n) is 28.0. The van der Waals surface area contributed by atoms with E-state index < -0.39 is 12.2 Å². The van der Waals surface area contributed by atoms with E-state index in [1.807, 2.05) is 121 Å². The first-order valence-corrected chi connectivity index (χ1v) is 16.4. The van der Waals surface area contributed by atoms with Crippen LogP contribution in [0.25, 0.3) is 0 Å². The standard InChI is InChI=1S/C24H18O2.C24H14O2/c2*25-23(17-11-19-7-3-1-4-8-19)21-13-15-22(16-14-21)24(26)18-12-20-9-5-2-6-10-20/h1-10,13-16,23-26H;1-10,13-16H. The van der Waals surface area contributed by atoms with Crippen LogP contribution >= 0.6 is 0 Å². The van der Waals surface area contributed by atoms with Crippen molar-refractivity contribution in [3.8, 4) is 47.4 Å². The van der Waals surface area contributed by atoms with Crippen LogP contribution in [0, 0.1) is 47.4 Å². The minimum absolute atomic E-state index is 0.289. The molecule has 6 rings (SSSR count). The predicted molar refractivity (Wildman–Crippen MR) is 205 cm³/mol. The van der Waals surface area contributed by atoms with Crippen molar-refractivity contribution < 1.29 is 19.8 Å². The number of Topliss-reactive ketones (excluding diaryl/α,β-unsaturated/α-hetero) is 2. The summed E-state index contributed by atoms with van der Waals surface area (Å²) in [5, 5.41) is 20.4. The number of benzene rings is 6. The molecule has 0 bridgehead atoms. The van der Waals surface area contributed by atoms with Crippen LogP contribution in [0.5, 0.6) is 0 Å². The van der Waals surface area contributed by atoms with Gasteiger partial charge in [-0.3, -0.25) is 9.59 Å². The van der Waals surface area contributed by atoms with Crippen molar-refractivity contribution in [1.82, 2.24) is 0 Å². The zero-order valence-corrected chi connectivity index (χ0v) is 28.0. The summed E-state index contributed by atoms with van der Waals surface area (Å²) < 4.78 is 0. The third-order valence-electron chi connectivity index (χ3n) is 7.42. The third kappa shape index (κ3) is 11.5. The van der Waals surface area contributed by atoms with E-state index >= 15 is 0 Å². The van der Waals surface area contributed by atoms with E-state index in [0.717, 1.165) is 22.3 Å². The lowest BCUT2D eigenvalue weighted by atomic mass is 10.0. The van der Waals surface area contributed by atoms with Gasteiger partial charge in [-0.1, -0.05) is 133 Å². The number of aliphatic hydroxyl groups excluding tert-OH is 2. The lowest BCUT2D eigenvalue weighted by Crippen LogP contribution is -1.99. The molecule has 2 N–H and O–H groups in total. The van der Waals surface area contributed by atoms with Crippen molar-refractivity contribution >= 4 is 11.6 Å². The average Bonchev–Trinajstić information content (AvgIpc) is 3.22. The maximum atomic E-state index is 12.1. The second kappa shape index (κ2) is 19.1. The molecule has 2 unspecified atom stereocenters. The molecular formula is C48H32O4. The van der Waals surface area contributed by atoms with Gasteiger partial charge in [-0.2, -0.15) is 0 Å². The van der Waals surface area contributed by atoms with Crippen LogP contribution in [-0.2, 0) is 0 Å².